The number of aliphatic carboxylic acids is 1. The lowest BCUT2D eigenvalue weighted by Gasteiger charge is -2.17. The Labute approximate surface area is 137 Å². The molecule has 126 valence electrons. The van der Waals surface area contributed by atoms with E-state index in [0.717, 1.165) is 12.8 Å². The topological polar surface area (TPSA) is 78.4 Å². The van der Waals surface area contributed by atoms with E-state index in [9.17, 15) is 9.59 Å². The molecule has 1 unspecified atom stereocenters. The largest absolute Gasteiger partial charge is 0.480 e. The van der Waals surface area contributed by atoms with Crippen molar-refractivity contribution in [3.8, 4) is 0 Å². The molecular formula is C18H26N2O3. The number of hydrogen-bond donors (Lipinski definition) is 3. The fourth-order valence-electron chi connectivity index (χ4n) is 2.18. The van der Waals surface area contributed by atoms with Crippen molar-refractivity contribution in [3.05, 3.63) is 48.1 Å². The highest BCUT2D eigenvalue weighted by Crippen LogP contribution is 2.04. The number of carboxylic acid groups (broad SMARTS) is 1. The Hall–Kier alpha value is -2.14. The van der Waals surface area contributed by atoms with Gasteiger partial charge in [-0.15, -0.1) is 0 Å². The predicted molar refractivity (Wildman–Crippen MR) is 92.1 cm³/mol. The number of carbonyl (C=O) groups excluding carboxylic acids is 1. The molecule has 0 aromatic carbocycles. The summed E-state index contributed by atoms with van der Waals surface area (Å²) in [5.41, 5.74) is 0.607. The summed E-state index contributed by atoms with van der Waals surface area (Å²) >= 11 is 0. The molecular weight excluding hydrogens is 292 g/mol. The number of rotatable bonds is 9. The summed E-state index contributed by atoms with van der Waals surface area (Å²) < 4.78 is 0. The van der Waals surface area contributed by atoms with Crippen molar-refractivity contribution >= 4 is 11.9 Å². The zero-order valence-corrected chi connectivity index (χ0v) is 13.8. The number of carboxylic acids is 1. The number of hydrogen-bond acceptors (Lipinski definition) is 3. The first-order chi connectivity index (χ1) is 11.0. The van der Waals surface area contributed by atoms with E-state index in [4.69, 9.17) is 5.11 Å². The van der Waals surface area contributed by atoms with Crippen LogP contribution in [0.5, 0.6) is 0 Å². The molecule has 3 N–H and O–H groups in total. The van der Waals surface area contributed by atoms with E-state index in [-0.39, 0.29) is 11.9 Å². The highest BCUT2D eigenvalue weighted by molar-refractivity contribution is 5.96. The summed E-state index contributed by atoms with van der Waals surface area (Å²) in [5, 5.41) is 15.0. The summed E-state index contributed by atoms with van der Waals surface area (Å²) in [4.78, 5) is 23.1. The predicted octanol–water partition coefficient (Wildman–Crippen LogP) is 2.33. The SMILES string of the molecule is CC(C)NC(CCCCNC(=O)C1=C/C=C\C=C/C=C1)C(=O)O. The van der Waals surface area contributed by atoms with Crippen molar-refractivity contribution < 1.29 is 14.7 Å². The van der Waals surface area contributed by atoms with Crippen molar-refractivity contribution in [2.75, 3.05) is 6.54 Å². The van der Waals surface area contributed by atoms with Crippen molar-refractivity contribution in [2.45, 2.75) is 45.2 Å². The van der Waals surface area contributed by atoms with Gasteiger partial charge in [-0.2, -0.15) is 0 Å². The fraction of sp³-hybridized carbons (Fsp3) is 0.444. The summed E-state index contributed by atoms with van der Waals surface area (Å²) in [7, 11) is 0. The maximum absolute atomic E-state index is 12.0. The third-order valence-corrected chi connectivity index (χ3v) is 3.30. The third kappa shape index (κ3) is 8.16. The molecule has 5 heteroatoms. The smallest absolute Gasteiger partial charge is 0.320 e. The van der Waals surface area contributed by atoms with Gasteiger partial charge in [-0.3, -0.25) is 9.59 Å². The zero-order chi connectivity index (χ0) is 17.1. The van der Waals surface area contributed by atoms with Crippen LogP contribution in [0.1, 0.15) is 33.1 Å². The van der Waals surface area contributed by atoms with Gasteiger partial charge in [-0.25, -0.2) is 0 Å². The molecule has 1 rings (SSSR count). The standard InChI is InChI=1S/C18H26N2O3/c1-14(2)20-16(18(22)23)12-8-9-13-19-17(21)15-10-6-4-3-5-7-11-15/h3-7,10-11,14,16,20H,8-9,12-13H2,1-2H3,(H,19,21)(H,22,23)/b4-3-,5-3?,6-4?,7-5-,10-6?,11-7?,15-10?,15-11?. The molecule has 0 bridgehead atoms. The van der Waals surface area contributed by atoms with E-state index in [1.807, 2.05) is 44.2 Å². The Bertz CT molecular complexity index is 516. The molecule has 0 aromatic rings. The fourth-order valence-corrected chi connectivity index (χ4v) is 2.18. The Kier molecular flexibility index (Phi) is 8.68. The molecule has 0 saturated heterocycles. The van der Waals surface area contributed by atoms with Crippen LogP contribution in [0.3, 0.4) is 0 Å². The van der Waals surface area contributed by atoms with Gasteiger partial charge in [-0.1, -0.05) is 44.2 Å². The molecule has 0 saturated carbocycles. The second-order valence-electron chi connectivity index (χ2n) is 5.71. The minimum Gasteiger partial charge on any atom is -0.480 e. The van der Waals surface area contributed by atoms with E-state index in [1.165, 1.54) is 0 Å². The average Bonchev–Trinajstić information content (AvgIpc) is 2.44. The van der Waals surface area contributed by atoms with Crippen LogP contribution in [0.15, 0.2) is 48.1 Å². The normalized spacial score (nSPS) is 17.8. The lowest BCUT2D eigenvalue weighted by molar-refractivity contribution is -0.139. The minimum atomic E-state index is -0.826. The van der Waals surface area contributed by atoms with Gasteiger partial charge >= 0.3 is 5.97 Å². The number of amides is 1. The molecule has 0 radical (unpaired) electrons. The van der Waals surface area contributed by atoms with Gasteiger partial charge in [0.2, 0.25) is 0 Å². The minimum absolute atomic E-state index is 0.115. The first-order valence-corrected chi connectivity index (χ1v) is 7.99. The Morgan fingerprint density at radius 1 is 1.09 bits per heavy atom. The first-order valence-electron chi connectivity index (χ1n) is 7.99. The van der Waals surface area contributed by atoms with Gasteiger partial charge in [0, 0.05) is 18.2 Å². The maximum atomic E-state index is 12.0. The van der Waals surface area contributed by atoms with Crippen LogP contribution in [-0.2, 0) is 9.59 Å². The summed E-state index contributed by atoms with van der Waals surface area (Å²) in [6, 6.07) is -0.394. The molecule has 1 aliphatic carbocycles. The maximum Gasteiger partial charge on any atom is 0.320 e. The van der Waals surface area contributed by atoms with Crippen LogP contribution < -0.4 is 10.6 Å². The lowest BCUT2D eigenvalue weighted by atomic mass is 10.1. The number of allylic oxidation sites excluding steroid dienone is 6. The van der Waals surface area contributed by atoms with Crippen LogP contribution in [0.4, 0.5) is 0 Å². The van der Waals surface area contributed by atoms with E-state index in [0.29, 0.717) is 18.5 Å². The highest BCUT2D eigenvalue weighted by Gasteiger charge is 2.17. The molecule has 0 heterocycles. The highest BCUT2D eigenvalue weighted by atomic mass is 16.4. The van der Waals surface area contributed by atoms with Crippen LogP contribution in [-0.4, -0.2) is 35.6 Å². The van der Waals surface area contributed by atoms with Gasteiger partial charge in [0.25, 0.3) is 5.91 Å². The van der Waals surface area contributed by atoms with Gasteiger partial charge in [0.1, 0.15) is 6.04 Å². The zero-order valence-electron chi connectivity index (χ0n) is 13.8. The summed E-state index contributed by atoms with van der Waals surface area (Å²) in [5.74, 6) is -0.941. The molecule has 0 aromatic heterocycles. The first kappa shape index (κ1) is 18.9. The average molecular weight is 318 g/mol. The molecule has 5 nitrogen and oxygen atoms in total. The second kappa shape index (κ2) is 10.6. The van der Waals surface area contributed by atoms with Crippen molar-refractivity contribution in [1.82, 2.24) is 10.6 Å². The van der Waals surface area contributed by atoms with Gasteiger partial charge in [0.15, 0.2) is 0 Å². The molecule has 0 spiro atoms. The van der Waals surface area contributed by atoms with Crippen LogP contribution >= 0.6 is 0 Å². The van der Waals surface area contributed by atoms with Gasteiger partial charge in [0.05, 0.1) is 0 Å². The number of carbonyl (C=O) groups is 2. The second-order valence-corrected chi connectivity index (χ2v) is 5.71. The molecule has 1 amide bonds. The third-order valence-electron chi connectivity index (χ3n) is 3.30. The summed E-state index contributed by atoms with van der Waals surface area (Å²) in [6.07, 6.45) is 14.9. The van der Waals surface area contributed by atoms with Gasteiger partial charge < -0.3 is 15.7 Å². The monoisotopic (exact) mass is 318 g/mol. The summed E-state index contributed by atoms with van der Waals surface area (Å²) in [6.45, 7) is 4.39. The van der Waals surface area contributed by atoms with E-state index in [1.54, 1.807) is 12.2 Å². The van der Waals surface area contributed by atoms with Gasteiger partial charge in [-0.05, 0) is 31.4 Å². The lowest BCUT2D eigenvalue weighted by Crippen LogP contribution is -2.40. The Balaban J connectivity index is 2.28. The van der Waals surface area contributed by atoms with Crippen molar-refractivity contribution in [3.63, 3.8) is 0 Å². The number of unbranched alkanes of at least 4 members (excludes halogenated alkanes) is 1. The Morgan fingerprint density at radius 2 is 1.78 bits per heavy atom. The van der Waals surface area contributed by atoms with Crippen molar-refractivity contribution in [1.29, 1.82) is 0 Å². The quantitative estimate of drug-likeness (QED) is 0.570. The Morgan fingerprint density at radius 3 is 2.48 bits per heavy atom. The number of nitrogens with one attached hydrogen (secondary N) is 2. The molecule has 0 fully saturated rings. The molecule has 1 atom stereocenters. The molecule has 23 heavy (non-hydrogen) atoms. The van der Waals surface area contributed by atoms with Crippen molar-refractivity contribution in [2.24, 2.45) is 0 Å². The van der Waals surface area contributed by atoms with E-state index < -0.39 is 12.0 Å². The van der Waals surface area contributed by atoms with Crippen LogP contribution in [0.2, 0.25) is 0 Å². The van der Waals surface area contributed by atoms with Crippen LogP contribution in [0.25, 0.3) is 0 Å². The van der Waals surface area contributed by atoms with E-state index >= 15 is 0 Å². The molecule has 0 aliphatic heterocycles. The van der Waals surface area contributed by atoms with E-state index in [2.05, 4.69) is 10.6 Å². The molecule has 1 aliphatic rings. The van der Waals surface area contributed by atoms with Crippen LogP contribution in [0, 0.1) is 0 Å².